The molecule has 1 aromatic heterocycles. The van der Waals surface area contributed by atoms with Gasteiger partial charge in [-0.1, -0.05) is 32.6 Å². The number of nitrogens with zero attached hydrogens (tertiary/aromatic N) is 2. The molecule has 0 aliphatic carbocycles. The van der Waals surface area contributed by atoms with Crippen LogP contribution >= 0.6 is 0 Å². The van der Waals surface area contributed by atoms with Gasteiger partial charge in [-0.3, -0.25) is 0 Å². The molecule has 0 aliphatic rings. The number of nitrogens with two attached hydrogens (primary N) is 1. The first-order chi connectivity index (χ1) is 8.69. The van der Waals surface area contributed by atoms with E-state index in [-0.39, 0.29) is 0 Å². The number of aromatic nitrogens is 1. The highest BCUT2D eigenvalue weighted by Gasteiger charge is 2.08. The molecule has 0 radical (unpaired) electrons. The van der Waals surface area contributed by atoms with Crippen LogP contribution in [0.1, 0.15) is 51.5 Å². The van der Waals surface area contributed by atoms with E-state index >= 15 is 0 Å². The minimum absolute atomic E-state index is 0.325. The van der Waals surface area contributed by atoms with E-state index in [9.17, 15) is 0 Å². The Bertz CT molecular complexity index is 409. The van der Waals surface area contributed by atoms with Crippen molar-refractivity contribution in [2.24, 2.45) is 0 Å². The molecule has 3 N–H and O–H groups in total. The molecule has 98 valence electrons. The number of anilines is 2. The first-order valence-corrected chi connectivity index (χ1v) is 6.60. The summed E-state index contributed by atoms with van der Waals surface area (Å²) in [5, 5.41) is 12.2. The first-order valence-electron chi connectivity index (χ1n) is 6.60. The number of rotatable bonds is 7. The highest BCUT2D eigenvalue weighted by atomic mass is 15.0. The van der Waals surface area contributed by atoms with Crippen LogP contribution < -0.4 is 11.1 Å². The van der Waals surface area contributed by atoms with Crippen molar-refractivity contribution in [1.82, 2.24) is 4.98 Å². The van der Waals surface area contributed by atoms with Crippen molar-refractivity contribution >= 4 is 11.5 Å². The van der Waals surface area contributed by atoms with Crippen molar-refractivity contribution in [3.63, 3.8) is 0 Å². The highest BCUT2D eigenvalue weighted by Crippen LogP contribution is 2.20. The molecule has 0 bridgehead atoms. The lowest BCUT2D eigenvalue weighted by molar-refractivity contribution is 0.593. The van der Waals surface area contributed by atoms with E-state index < -0.39 is 0 Å². The smallest absolute Gasteiger partial charge is 0.150 e. The topological polar surface area (TPSA) is 74.7 Å². The van der Waals surface area contributed by atoms with Crippen LogP contribution in [0.3, 0.4) is 0 Å². The minimum Gasteiger partial charge on any atom is -0.395 e. The predicted molar refractivity (Wildman–Crippen MR) is 75.2 cm³/mol. The lowest BCUT2D eigenvalue weighted by atomic mass is 10.1. The zero-order chi connectivity index (χ0) is 13.4. The van der Waals surface area contributed by atoms with E-state index in [1.54, 1.807) is 12.3 Å². The van der Waals surface area contributed by atoms with Crippen LogP contribution in [-0.4, -0.2) is 11.0 Å². The maximum absolute atomic E-state index is 8.89. The van der Waals surface area contributed by atoms with Crippen molar-refractivity contribution in [1.29, 1.82) is 5.26 Å². The molecule has 18 heavy (non-hydrogen) atoms. The summed E-state index contributed by atoms with van der Waals surface area (Å²) in [6, 6.07) is 4.02. The summed E-state index contributed by atoms with van der Waals surface area (Å²) in [6.07, 6.45) is 7.72. The largest absolute Gasteiger partial charge is 0.395 e. The number of nitrogens with one attached hydrogen (secondary N) is 1. The monoisotopic (exact) mass is 246 g/mol. The Morgan fingerprint density at radius 3 is 2.89 bits per heavy atom. The molecule has 0 amide bonds. The van der Waals surface area contributed by atoms with Gasteiger partial charge in [-0.2, -0.15) is 5.26 Å². The number of hydrogen-bond acceptors (Lipinski definition) is 4. The van der Waals surface area contributed by atoms with Crippen LogP contribution in [0.2, 0.25) is 0 Å². The first kappa shape index (κ1) is 14.3. The number of unbranched alkanes of at least 4 members (excludes halogenated alkanes) is 3. The Hall–Kier alpha value is -1.76. The molecule has 4 nitrogen and oxygen atoms in total. The molecule has 1 rings (SSSR count). The number of nitrogen functional groups attached to an aromatic ring is 1. The summed E-state index contributed by atoms with van der Waals surface area (Å²) in [4.78, 5) is 4.18. The summed E-state index contributed by atoms with van der Waals surface area (Å²) in [5.74, 6) is 0.622. The average molecular weight is 246 g/mol. The van der Waals surface area contributed by atoms with E-state index in [2.05, 4.69) is 30.2 Å². The number of pyridine rings is 1. The molecular formula is C14H22N4. The van der Waals surface area contributed by atoms with Crippen molar-refractivity contribution < 1.29 is 0 Å². The summed E-state index contributed by atoms with van der Waals surface area (Å²) in [5.41, 5.74) is 6.79. The molecule has 0 saturated heterocycles. The lowest BCUT2D eigenvalue weighted by Crippen LogP contribution is -2.17. The van der Waals surface area contributed by atoms with Gasteiger partial charge in [0.2, 0.25) is 0 Å². The van der Waals surface area contributed by atoms with Gasteiger partial charge in [0.25, 0.3) is 0 Å². The molecule has 0 aliphatic heterocycles. The third-order valence-corrected chi connectivity index (χ3v) is 2.98. The third kappa shape index (κ3) is 4.25. The fourth-order valence-electron chi connectivity index (χ4n) is 1.87. The molecule has 1 aromatic rings. The highest BCUT2D eigenvalue weighted by molar-refractivity contribution is 5.69. The van der Waals surface area contributed by atoms with Gasteiger partial charge in [-0.15, -0.1) is 0 Å². The molecule has 1 heterocycles. The molecule has 0 aromatic carbocycles. The van der Waals surface area contributed by atoms with E-state index in [0.717, 1.165) is 6.42 Å². The maximum Gasteiger partial charge on any atom is 0.150 e. The van der Waals surface area contributed by atoms with E-state index in [4.69, 9.17) is 11.0 Å². The van der Waals surface area contributed by atoms with E-state index in [0.29, 0.717) is 23.1 Å². The lowest BCUT2D eigenvalue weighted by Gasteiger charge is -2.16. The van der Waals surface area contributed by atoms with Crippen LogP contribution in [0.15, 0.2) is 12.3 Å². The summed E-state index contributed by atoms with van der Waals surface area (Å²) in [6.45, 7) is 4.33. The maximum atomic E-state index is 8.89. The van der Waals surface area contributed by atoms with Gasteiger partial charge < -0.3 is 11.1 Å². The number of nitriles is 1. The Morgan fingerprint density at radius 1 is 1.44 bits per heavy atom. The Labute approximate surface area is 109 Å². The van der Waals surface area contributed by atoms with E-state index in [1.807, 2.05) is 0 Å². The van der Waals surface area contributed by atoms with Gasteiger partial charge in [0.1, 0.15) is 6.07 Å². The van der Waals surface area contributed by atoms with Crippen molar-refractivity contribution in [3.05, 3.63) is 17.8 Å². The van der Waals surface area contributed by atoms with Crippen molar-refractivity contribution in [3.8, 4) is 6.07 Å². The normalized spacial score (nSPS) is 11.8. The van der Waals surface area contributed by atoms with Crippen LogP contribution in [0.5, 0.6) is 0 Å². The summed E-state index contributed by atoms with van der Waals surface area (Å²) < 4.78 is 0. The van der Waals surface area contributed by atoms with Crippen molar-refractivity contribution in [2.75, 3.05) is 11.1 Å². The van der Waals surface area contributed by atoms with E-state index in [1.165, 1.54) is 25.7 Å². The van der Waals surface area contributed by atoms with Gasteiger partial charge in [-0.05, 0) is 19.4 Å². The van der Waals surface area contributed by atoms with Gasteiger partial charge in [0.05, 0.1) is 11.3 Å². The summed E-state index contributed by atoms with van der Waals surface area (Å²) in [7, 11) is 0. The van der Waals surface area contributed by atoms with Crippen molar-refractivity contribution in [2.45, 2.75) is 52.0 Å². The van der Waals surface area contributed by atoms with Crippen LogP contribution in [0, 0.1) is 11.3 Å². The SMILES string of the molecule is CCCCCCC(C)Nc1nccc(C#N)c1N. The molecule has 4 heteroatoms. The van der Waals surface area contributed by atoms with Crippen LogP contribution in [-0.2, 0) is 0 Å². The molecular weight excluding hydrogens is 224 g/mol. The second kappa shape index (κ2) is 7.54. The van der Waals surface area contributed by atoms with Gasteiger partial charge in [0, 0.05) is 12.2 Å². The van der Waals surface area contributed by atoms with Gasteiger partial charge >= 0.3 is 0 Å². The second-order valence-electron chi connectivity index (χ2n) is 4.63. The minimum atomic E-state index is 0.325. The van der Waals surface area contributed by atoms with Crippen LogP contribution in [0.25, 0.3) is 0 Å². The third-order valence-electron chi connectivity index (χ3n) is 2.98. The standard InChI is InChI=1S/C14H22N4/c1-3-4-5-6-7-11(2)18-14-13(16)12(10-15)8-9-17-14/h8-9,11H,3-7,16H2,1-2H3,(H,17,18). The average Bonchev–Trinajstić information content (AvgIpc) is 2.37. The Balaban J connectivity index is 2.49. The molecule has 1 atom stereocenters. The fraction of sp³-hybridized carbons (Fsp3) is 0.571. The second-order valence-corrected chi connectivity index (χ2v) is 4.63. The predicted octanol–water partition coefficient (Wildman–Crippen LogP) is 3.31. The molecule has 0 fully saturated rings. The van der Waals surface area contributed by atoms with Gasteiger partial charge in [0.15, 0.2) is 5.82 Å². The van der Waals surface area contributed by atoms with Crippen LogP contribution in [0.4, 0.5) is 11.5 Å². The quantitative estimate of drug-likeness (QED) is 0.724. The summed E-state index contributed by atoms with van der Waals surface area (Å²) >= 11 is 0. The molecule has 0 saturated carbocycles. The fourth-order valence-corrected chi connectivity index (χ4v) is 1.87. The molecule has 1 unspecified atom stereocenters. The Morgan fingerprint density at radius 2 is 2.22 bits per heavy atom. The number of hydrogen-bond donors (Lipinski definition) is 2. The molecule has 0 spiro atoms. The zero-order valence-electron chi connectivity index (χ0n) is 11.2. The van der Waals surface area contributed by atoms with Gasteiger partial charge in [-0.25, -0.2) is 4.98 Å². The Kier molecular flexibility index (Phi) is 5.99. The zero-order valence-corrected chi connectivity index (χ0v) is 11.2.